The average Bonchev–Trinajstić information content (AvgIpc) is 2.97. The van der Waals surface area contributed by atoms with E-state index >= 15 is 0 Å². The zero-order valence-electron chi connectivity index (χ0n) is 11.7. The lowest BCUT2D eigenvalue weighted by Crippen LogP contribution is -2.49. The first-order chi connectivity index (χ1) is 9.67. The molecule has 3 rings (SSSR count). The van der Waals surface area contributed by atoms with Crippen molar-refractivity contribution in [1.29, 1.82) is 0 Å². The van der Waals surface area contributed by atoms with E-state index in [0.717, 1.165) is 25.7 Å². The largest absolute Gasteiger partial charge is 0.416 e. The van der Waals surface area contributed by atoms with Crippen LogP contribution in [0.1, 0.15) is 31.6 Å². The van der Waals surface area contributed by atoms with Crippen LogP contribution in [-0.2, 0) is 9.53 Å². The van der Waals surface area contributed by atoms with E-state index in [1.807, 2.05) is 0 Å². The molecule has 6 nitrogen and oxygen atoms in total. The van der Waals surface area contributed by atoms with Gasteiger partial charge in [-0.25, -0.2) is 0 Å². The van der Waals surface area contributed by atoms with E-state index in [9.17, 15) is 4.79 Å². The lowest BCUT2D eigenvalue weighted by Gasteiger charge is -2.38. The lowest BCUT2D eigenvalue weighted by atomic mass is 10.00. The number of thioether (sulfide) groups is 1. The van der Waals surface area contributed by atoms with Crippen molar-refractivity contribution in [1.82, 2.24) is 15.1 Å². The van der Waals surface area contributed by atoms with Gasteiger partial charge >= 0.3 is 0 Å². The summed E-state index contributed by atoms with van der Waals surface area (Å²) in [7, 11) is 1.76. The monoisotopic (exact) mass is 297 g/mol. The molecule has 0 saturated carbocycles. The molecule has 110 valence electrons. The second kappa shape index (κ2) is 5.73. The van der Waals surface area contributed by atoms with E-state index in [1.54, 1.807) is 14.0 Å². The van der Waals surface area contributed by atoms with E-state index in [-0.39, 0.29) is 5.91 Å². The molecule has 1 unspecified atom stereocenters. The molecule has 3 atom stereocenters. The van der Waals surface area contributed by atoms with Crippen LogP contribution < -0.4 is 0 Å². The summed E-state index contributed by atoms with van der Waals surface area (Å²) in [5.41, 5.74) is 0. The molecule has 0 spiro atoms. The topological polar surface area (TPSA) is 68.5 Å². The van der Waals surface area contributed by atoms with E-state index in [0.29, 0.717) is 35.1 Å². The Kier molecular flexibility index (Phi) is 3.98. The molecule has 0 aliphatic carbocycles. The number of aryl methyl sites for hydroxylation is 1. The van der Waals surface area contributed by atoms with Gasteiger partial charge in [-0.3, -0.25) is 4.79 Å². The van der Waals surface area contributed by atoms with Gasteiger partial charge in [0.25, 0.3) is 5.22 Å². The second-order valence-corrected chi connectivity index (χ2v) is 6.32. The highest BCUT2D eigenvalue weighted by Crippen LogP contribution is 2.37. The summed E-state index contributed by atoms with van der Waals surface area (Å²) in [6, 6.07) is 0.687. The quantitative estimate of drug-likeness (QED) is 0.787. The minimum absolute atomic E-state index is 0.174. The smallest absolute Gasteiger partial charge is 0.277 e. The van der Waals surface area contributed by atoms with Gasteiger partial charge in [0.2, 0.25) is 11.8 Å². The van der Waals surface area contributed by atoms with E-state index in [4.69, 9.17) is 9.15 Å². The number of ether oxygens (including phenoxy) is 1. The van der Waals surface area contributed by atoms with Crippen molar-refractivity contribution in [2.45, 2.75) is 56.0 Å². The van der Waals surface area contributed by atoms with Crippen molar-refractivity contribution in [3.05, 3.63) is 5.89 Å². The van der Waals surface area contributed by atoms with Crippen molar-refractivity contribution in [3.63, 3.8) is 0 Å². The van der Waals surface area contributed by atoms with Crippen LogP contribution in [0.3, 0.4) is 0 Å². The number of carbonyl (C=O) groups excluding carboxylic acids is 1. The van der Waals surface area contributed by atoms with Crippen molar-refractivity contribution < 1.29 is 13.9 Å². The first-order valence-corrected chi connectivity index (χ1v) is 7.92. The number of hydrogen-bond acceptors (Lipinski definition) is 6. The van der Waals surface area contributed by atoms with Gasteiger partial charge in [0, 0.05) is 26.1 Å². The summed E-state index contributed by atoms with van der Waals surface area (Å²) in [5, 5.41) is 8.13. The Labute approximate surface area is 122 Å². The highest BCUT2D eigenvalue weighted by atomic mass is 32.2. The number of fused-ring (bicyclic) bond motifs is 2. The van der Waals surface area contributed by atoms with Crippen molar-refractivity contribution in [3.8, 4) is 0 Å². The zero-order chi connectivity index (χ0) is 14.1. The minimum atomic E-state index is 0.174. The summed E-state index contributed by atoms with van der Waals surface area (Å²) in [6.45, 7) is 1.74. The van der Waals surface area contributed by atoms with Crippen LogP contribution in [0, 0.1) is 6.92 Å². The molecule has 20 heavy (non-hydrogen) atoms. The van der Waals surface area contributed by atoms with Gasteiger partial charge in [-0.1, -0.05) is 11.8 Å². The fourth-order valence-electron chi connectivity index (χ4n) is 3.26. The maximum Gasteiger partial charge on any atom is 0.277 e. The second-order valence-electron chi connectivity index (χ2n) is 5.39. The molecule has 2 fully saturated rings. The molecule has 1 amide bonds. The average molecular weight is 297 g/mol. The van der Waals surface area contributed by atoms with Gasteiger partial charge in [0.1, 0.15) is 0 Å². The standard InChI is InChI=1S/C13H19N3O3S/c1-8-14-15-13(19-8)20-7-12(17)16-9-3-4-10(16)6-11(5-9)18-2/h9-11H,3-7H2,1-2H3/t9-,10+,11?. The van der Waals surface area contributed by atoms with Crippen LogP contribution in [0.4, 0.5) is 0 Å². The van der Waals surface area contributed by atoms with Gasteiger partial charge in [-0.2, -0.15) is 0 Å². The Morgan fingerprint density at radius 3 is 2.65 bits per heavy atom. The van der Waals surface area contributed by atoms with Crippen molar-refractivity contribution >= 4 is 17.7 Å². The number of piperidine rings is 1. The zero-order valence-corrected chi connectivity index (χ0v) is 12.6. The number of hydrogen-bond donors (Lipinski definition) is 0. The van der Waals surface area contributed by atoms with E-state index in [2.05, 4.69) is 15.1 Å². The third-order valence-electron chi connectivity index (χ3n) is 4.14. The molecule has 2 aliphatic heterocycles. The number of amides is 1. The molecular weight excluding hydrogens is 278 g/mol. The normalized spacial score (nSPS) is 28.9. The SMILES string of the molecule is COC1C[C@H]2CC[C@@H](C1)N2C(=O)CSc1nnc(C)o1. The Hall–Kier alpha value is -1.08. The summed E-state index contributed by atoms with van der Waals surface area (Å²) in [5.74, 6) is 1.07. The Bertz CT molecular complexity index is 479. The Balaban J connectivity index is 1.58. The molecule has 2 saturated heterocycles. The van der Waals surface area contributed by atoms with Crippen molar-refractivity contribution in [2.75, 3.05) is 12.9 Å². The lowest BCUT2D eigenvalue weighted by molar-refractivity contribution is -0.135. The maximum absolute atomic E-state index is 12.4. The maximum atomic E-state index is 12.4. The Morgan fingerprint density at radius 2 is 2.10 bits per heavy atom. The molecule has 3 heterocycles. The fraction of sp³-hybridized carbons (Fsp3) is 0.769. The molecule has 0 aromatic carbocycles. The van der Waals surface area contributed by atoms with Crippen LogP contribution in [0.15, 0.2) is 9.64 Å². The van der Waals surface area contributed by atoms with Crippen molar-refractivity contribution in [2.24, 2.45) is 0 Å². The van der Waals surface area contributed by atoms with E-state index < -0.39 is 0 Å². The van der Waals surface area contributed by atoms with Crippen LogP contribution in [-0.4, -0.2) is 52.1 Å². The first-order valence-electron chi connectivity index (χ1n) is 6.94. The summed E-state index contributed by atoms with van der Waals surface area (Å²) < 4.78 is 10.7. The molecule has 2 bridgehead atoms. The number of rotatable bonds is 4. The molecule has 7 heteroatoms. The number of methoxy groups -OCH3 is 1. The number of aromatic nitrogens is 2. The first kappa shape index (κ1) is 13.9. The van der Waals surface area contributed by atoms with Gasteiger partial charge in [0.15, 0.2) is 0 Å². The number of nitrogens with zero attached hydrogens (tertiary/aromatic N) is 3. The van der Waals surface area contributed by atoms with Crippen LogP contribution >= 0.6 is 11.8 Å². The van der Waals surface area contributed by atoms with Gasteiger partial charge < -0.3 is 14.1 Å². The van der Waals surface area contributed by atoms with E-state index in [1.165, 1.54) is 11.8 Å². The molecule has 0 N–H and O–H groups in total. The fourth-order valence-corrected chi connectivity index (χ4v) is 3.94. The predicted molar refractivity (Wildman–Crippen MR) is 73.4 cm³/mol. The summed E-state index contributed by atoms with van der Waals surface area (Å²) in [6.07, 6.45) is 4.43. The van der Waals surface area contributed by atoms with Gasteiger partial charge in [0.05, 0.1) is 11.9 Å². The molecule has 1 aromatic rings. The highest BCUT2D eigenvalue weighted by Gasteiger charge is 2.43. The van der Waals surface area contributed by atoms with Gasteiger partial charge in [-0.05, 0) is 25.7 Å². The molecule has 2 aliphatic rings. The van der Waals surface area contributed by atoms with Crippen LogP contribution in [0.25, 0.3) is 0 Å². The minimum Gasteiger partial charge on any atom is -0.416 e. The molecule has 1 aromatic heterocycles. The number of carbonyl (C=O) groups is 1. The predicted octanol–water partition coefficient (Wildman–Crippen LogP) is 1.64. The molecular formula is C13H19N3O3S. The third kappa shape index (κ3) is 2.69. The van der Waals surface area contributed by atoms with Crippen LogP contribution in [0.5, 0.6) is 0 Å². The third-order valence-corrected chi connectivity index (χ3v) is 4.94. The highest BCUT2D eigenvalue weighted by molar-refractivity contribution is 7.99. The molecule has 0 radical (unpaired) electrons. The van der Waals surface area contributed by atoms with Gasteiger partial charge in [-0.15, -0.1) is 10.2 Å². The summed E-state index contributed by atoms with van der Waals surface area (Å²) in [4.78, 5) is 14.5. The Morgan fingerprint density at radius 1 is 1.40 bits per heavy atom. The summed E-state index contributed by atoms with van der Waals surface area (Å²) >= 11 is 1.32. The van der Waals surface area contributed by atoms with Crippen LogP contribution in [0.2, 0.25) is 0 Å².